The second-order valence-electron chi connectivity index (χ2n) is 8.30. The molecule has 0 spiro atoms. The molecule has 5 nitrogen and oxygen atoms in total. The maximum absolute atomic E-state index is 13.6. The predicted molar refractivity (Wildman–Crippen MR) is 133 cm³/mol. The fourth-order valence-corrected chi connectivity index (χ4v) is 5.58. The summed E-state index contributed by atoms with van der Waals surface area (Å²) in [4.78, 5) is 0.701. The van der Waals surface area contributed by atoms with Crippen LogP contribution >= 0.6 is 12.4 Å². The molecule has 0 amide bonds. The highest BCUT2D eigenvalue weighted by atomic mass is 35.5. The third-order valence-electron chi connectivity index (χ3n) is 5.48. The van der Waals surface area contributed by atoms with Crippen LogP contribution in [0.3, 0.4) is 0 Å². The van der Waals surface area contributed by atoms with Gasteiger partial charge in [0.2, 0.25) is 9.84 Å². The predicted octanol–water partition coefficient (Wildman–Crippen LogP) is 5.78. The van der Waals surface area contributed by atoms with E-state index in [1.807, 2.05) is 49.7 Å². The number of nitrogens with one attached hydrogen (secondary N) is 1. The highest BCUT2D eigenvalue weighted by Gasteiger charge is 2.28. The van der Waals surface area contributed by atoms with Crippen molar-refractivity contribution in [2.75, 3.05) is 19.7 Å². The molecule has 1 N–H and O–H groups in total. The summed E-state index contributed by atoms with van der Waals surface area (Å²) in [6.45, 7) is 10.7. The molecule has 0 atom stereocenters. The first-order valence-electron chi connectivity index (χ1n) is 11.1. The van der Waals surface area contributed by atoms with Gasteiger partial charge in [-0.2, -0.15) is 0 Å². The van der Waals surface area contributed by atoms with Crippen molar-refractivity contribution in [2.24, 2.45) is 0 Å². The van der Waals surface area contributed by atoms with Gasteiger partial charge in [-0.25, -0.2) is 8.42 Å². The summed E-state index contributed by atoms with van der Waals surface area (Å²) in [7, 11) is -3.66. The Morgan fingerprint density at radius 3 is 2.41 bits per heavy atom. The summed E-state index contributed by atoms with van der Waals surface area (Å²) >= 11 is 0. The zero-order valence-corrected chi connectivity index (χ0v) is 21.1. The Bertz CT molecular complexity index is 1110. The number of unbranched alkanes of at least 4 members (excludes halogenated alkanes) is 1. The zero-order valence-electron chi connectivity index (χ0n) is 19.4. The Kier molecular flexibility index (Phi) is 9.62. The number of sulfone groups is 1. The molecule has 2 heterocycles. The molecule has 0 unspecified atom stereocenters. The van der Waals surface area contributed by atoms with Crippen molar-refractivity contribution in [2.45, 2.75) is 62.7 Å². The fraction of sp³-hybridized carbons (Fsp3) is 0.440. The van der Waals surface area contributed by atoms with Crippen molar-refractivity contribution < 1.29 is 13.2 Å². The van der Waals surface area contributed by atoms with Crippen molar-refractivity contribution in [1.82, 2.24) is 9.72 Å². The van der Waals surface area contributed by atoms with Gasteiger partial charge in [-0.15, -0.1) is 12.4 Å². The van der Waals surface area contributed by atoms with E-state index in [1.54, 1.807) is 24.3 Å². The quantitative estimate of drug-likeness (QED) is 0.354. The minimum atomic E-state index is -3.66. The van der Waals surface area contributed by atoms with Crippen LogP contribution in [0.1, 0.15) is 57.1 Å². The normalized spacial score (nSPS) is 11.7. The fourth-order valence-electron chi connectivity index (χ4n) is 3.73. The summed E-state index contributed by atoms with van der Waals surface area (Å²) in [6.07, 6.45) is 7.13. The van der Waals surface area contributed by atoms with E-state index in [2.05, 4.69) is 12.2 Å². The van der Waals surface area contributed by atoms with Gasteiger partial charge < -0.3 is 14.5 Å². The number of rotatable bonds is 11. The number of hydrogen-bond acceptors (Lipinski definition) is 4. The first-order valence-corrected chi connectivity index (χ1v) is 12.6. The van der Waals surface area contributed by atoms with Gasteiger partial charge in [0.25, 0.3) is 0 Å². The van der Waals surface area contributed by atoms with Gasteiger partial charge in [0.05, 0.1) is 17.0 Å². The molecule has 0 saturated heterocycles. The molecule has 0 aliphatic carbocycles. The van der Waals surface area contributed by atoms with Crippen molar-refractivity contribution in [3.8, 4) is 5.75 Å². The average Bonchev–Trinajstić information content (AvgIpc) is 3.16. The number of halogens is 1. The Morgan fingerprint density at radius 2 is 1.75 bits per heavy atom. The smallest absolute Gasteiger partial charge is 0.209 e. The van der Waals surface area contributed by atoms with Gasteiger partial charge >= 0.3 is 0 Å². The molecule has 0 radical (unpaired) electrons. The van der Waals surface area contributed by atoms with Crippen molar-refractivity contribution >= 4 is 27.8 Å². The number of aromatic nitrogens is 1. The first-order chi connectivity index (χ1) is 14.9. The van der Waals surface area contributed by atoms with E-state index < -0.39 is 9.84 Å². The molecular formula is C25H35ClN2O3S. The van der Waals surface area contributed by atoms with Crippen LogP contribution in [0, 0.1) is 6.92 Å². The lowest BCUT2D eigenvalue weighted by atomic mass is 10.1. The van der Waals surface area contributed by atoms with Gasteiger partial charge in [0.1, 0.15) is 10.6 Å². The van der Waals surface area contributed by atoms with Gasteiger partial charge in [-0.1, -0.05) is 33.3 Å². The standard InChI is InChI=1S/C25H34N2O3S.ClH/c1-5-6-14-26-15-8-17-30-21-10-12-22(13-11-21)31(28,29)25-23(19(2)3)18-27-16-7-9-20(4)24(25)27;/h7,9-13,16,18-19,26H,5-6,8,14-15,17H2,1-4H3;1H. The number of ether oxygens (including phenoxy) is 1. The highest BCUT2D eigenvalue weighted by Crippen LogP contribution is 2.35. The van der Waals surface area contributed by atoms with Crippen molar-refractivity contribution in [1.29, 1.82) is 0 Å². The van der Waals surface area contributed by atoms with Crippen LogP contribution in [0.25, 0.3) is 5.52 Å². The van der Waals surface area contributed by atoms with E-state index in [9.17, 15) is 8.42 Å². The van der Waals surface area contributed by atoms with Crippen LogP contribution in [0.4, 0.5) is 0 Å². The molecule has 2 aromatic heterocycles. The van der Waals surface area contributed by atoms with Crippen LogP contribution in [0.15, 0.2) is 58.6 Å². The van der Waals surface area contributed by atoms with E-state index in [4.69, 9.17) is 4.74 Å². The molecule has 0 fully saturated rings. The summed E-state index contributed by atoms with van der Waals surface area (Å²) in [6, 6.07) is 10.7. The molecule has 0 saturated carbocycles. The third-order valence-corrected chi connectivity index (χ3v) is 7.34. The largest absolute Gasteiger partial charge is 0.494 e. The third kappa shape index (κ3) is 5.85. The van der Waals surface area contributed by atoms with Gasteiger partial charge in [-0.3, -0.25) is 0 Å². The molecule has 0 aliphatic rings. The molecule has 0 aliphatic heterocycles. The molecule has 3 rings (SSSR count). The highest BCUT2D eigenvalue weighted by molar-refractivity contribution is 7.91. The SMILES string of the molecule is CCCCNCCCOc1ccc(S(=O)(=O)c2c(C(C)C)cn3cccc(C)c23)cc1.Cl. The first kappa shape index (κ1) is 26.2. The monoisotopic (exact) mass is 478 g/mol. The Labute approximate surface area is 198 Å². The minimum Gasteiger partial charge on any atom is -0.494 e. The summed E-state index contributed by atoms with van der Waals surface area (Å²) in [5.41, 5.74) is 2.53. The average molecular weight is 479 g/mol. The van der Waals surface area contributed by atoms with Crippen LogP contribution in [-0.2, 0) is 9.84 Å². The van der Waals surface area contributed by atoms with Crippen LogP contribution in [0.5, 0.6) is 5.75 Å². The maximum Gasteiger partial charge on any atom is 0.209 e. The second kappa shape index (κ2) is 11.7. The van der Waals surface area contributed by atoms with E-state index >= 15 is 0 Å². The number of pyridine rings is 1. The van der Waals surface area contributed by atoms with E-state index in [-0.39, 0.29) is 18.3 Å². The number of hydrogen-bond donors (Lipinski definition) is 1. The van der Waals surface area contributed by atoms with Gasteiger partial charge in [0.15, 0.2) is 0 Å². The van der Waals surface area contributed by atoms with Gasteiger partial charge in [-0.05, 0) is 80.2 Å². The topological polar surface area (TPSA) is 59.8 Å². The number of benzene rings is 1. The molecule has 1 aromatic carbocycles. The minimum absolute atomic E-state index is 0. The maximum atomic E-state index is 13.6. The van der Waals surface area contributed by atoms with Crippen LogP contribution in [-0.4, -0.2) is 32.5 Å². The lowest BCUT2D eigenvalue weighted by Gasteiger charge is -2.11. The Morgan fingerprint density at radius 1 is 1.06 bits per heavy atom. The zero-order chi connectivity index (χ0) is 22.4. The molecule has 7 heteroatoms. The Balaban J connectivity index is 0.00000363. The number of fused-ring (bicyclic) bond motifs is 1. The number of nitrogens with zero attached hydrogens (tertiary/aromatic N) is 1. The molecule has 3 aromatic rings. The van der Waals surface area contributed by atoms with Crippen LogP contribution in [0.2, 0.25) is 0 Å². The van der Waals surface area contributed by atoms with Crippen molar-refractivity contribution in [3.63, 3.8) is 0 Å². The second-order valence-corrected chi connectivity index (χ2v) is 10.2. The van der Waals surface area contributed by atoms with Crippen LogP contribution < -0.4 is 10.1 Å². The van der Waals surface area contributed by atoms with Crippen molar-refractivity contribution in [3.05, 3.63) is 59.9 Å². The lowest BCUT2D eigenvalue weighted by molar-refractivity contribution is 0.308. The Hall–Kier alpha value is -2.02. The molecule has 32 heavy (non-hydrogen) atoms. The van der Waals surface area contributed by atoms with E-state index in [1.165, 1.54) is 12.8 Å². The molecule has 0 bridgehead atoms. The van der Waals surface area contributed by atoms with Gasteiger partial charge in [0, 0.05) is 12.4 Å². The number of aryl methyl sites for hydroxylation is 1. The molecular weight excluding hydrogens is 444 g/mol. The summed E-state index contributed by atoms with van der Waals surface area (Å²) < 4.78 is 34.9. The molecule has 176 valence electrons. The van der Waals surface area contributed by atoms with E-state index in [0.29, 0.717) is 22.1 Å². The lowest BCUT2D eigenvalue weighted by Crippen LogP contribution is -2.18. The summed E-state index contributed by atoms with van der Waals surface area (Å²) in [5.74, 6) is 0.784. The summed E-state index contributed by atoms with van der Waals surface area (Å²) in [5, 5.41) is 3.39. The van der Waals surface area contributed by atoms with E-state index in [0.717, 1.165) is 36.2 Å².